The maximum Gasteiger partial charge on any atom is 0.129 e. The zero-order valence-corrected chi connectivity index (χ0v) is 11.8. The molecule has 0 heterocycles. The first kappa shape index (κ1) is 14.0. The number of benzene rings is 2. The number of nitrogen functional groups attached to an aromatic ring is 1. The van der Waals surface area contributed by atoms with E-state index in [0.717, 1.165) is 12.2 Å². The maximum atomic E-state index is 8.83. The highest BCUT2D eigenvalue weighted by molar-refractivity contribution is 5.57. The summed E-state index contributed by atoms with van der Waals surface area (Å²) in [5.41, 5.74) is 7.96. The highest BCUT2D eigenvalue weighted by Crippen LogP contribution is 2.27. The summed E-state index contributed by atoms with van der Waals surface area (Å²) in [7, 11) is 0. The predicted molar refractivity (Wildman–Crippen MR) is 80.8 cm³/mol. The van der Waals surface area contributed by atoms with Gasteiger partial charge in [0.25, 0.3) is 0 Å². The topological polar surface area (TPSA) is 59.0 Å². The summed E-state index contributed by atoms with van der Waals surface area (Å²) in [6.07, 6.45) is 1.12. The third-order valence-electron chi connectivity index (χ3n) is 3.44. The minimum atomic E-state index is 0.432. The van der Waals surface area contributed by atoms with Crippen LogP contribution in [0.25, 0.3) is 0 Å². The Hall–Kier alpha value is -2.47. The average molecular weight is 266 g/mol. The summed E-state index contributed by atoms with van der Waals surface area (Å²) in [4.78, 5) is 0. The smallest absolute Gasteiger partial charge is 0.129 e. The highest BCUT2D eigenvalue weighted by Gasteiger charge is 2.05. The van der Waals surface area contributed by atoms with E-state index in [1.807, 2.05) is 18.2 Å². The molecule has 20 heavy (non-hydrogen) atoms. The monoisotopic (exact) mass is 266 g/mol. The van der Waals surface area contributed by atoms with Gasteiger partial charge in [-0.05, 0) is 42.2 Å². The molecule has 2 aromatic carbocycles. The van der Waals surface area contributed by atoms with Gasteiger partial charge in [0, 0.05) is 6.07 Å². The molecule has 0 spiro atoms. The lowest BCUT2D eigenvalue weighted by Crippen LogP contribution is -1.93. The van der Waals surface area contributed by atoms with Gasteiger partial charge in [-0.1, -0.05) is 26.0 Å². The SMILES string of the molecule is CCC(C)c1ccc(Oc2ccc(C#N)c(N)c2)cc1. The number of hydrogen-bond donors (Lipinski definition) is 1. The van der Waals surface area contributed by atoms with Gasteiger partial charge in [-0.2, -0.15) is 5.26 Å². The highest BCUT2D eigenvalue weighted by atomic mass is 16.5. The molecule has 1 unspecified atom stereocenters. The zero-order valence-electron chi connectivity index (χ0n) is 11.8. The van der Waals surface area contributed by atoms with E-state index in [1.54, 1.807) is 18.2 Å². The second kappa shape index (κ2) is 6.12. The second-order valence-corrected chi connectivity index (χ2v) is 4.84. The Morgan fingerprint density at radius 1 is 1.15 bits per heavy atom. The number of nitrogens with two attached hydrogens (primary N) is 1. The molecule has 0 amide bonds. The van der Waals surface area contributed by atoms with Crippen molar-refractivity contribution in [2.45, 2.75) is 26.2 Å². The number of nitriles is 1. The Balaban J connectivity index is 2.14. The van der Waals surface area contributed by atoms with Crippen LogP contribution >= 0.6 is 0 Å². The third kappa shape index (κ3) is 3.10. The molecule has 2 aromatic rings. The van der Waals surface area contributed by atoms with Crippen LogP contribution in [0.3, 0.4) is 0 Å². The summed E-state index contributed by atoms with van der Waals surface area (Å²) >= 11 is 0. The van der Waals surface area contributed by atoms with E-state index in [2.05, 4.69) is 26.0 Å². The van der Waals surface area contributed by atoms with Gasteiger partial charge in [-0.3, -0.25) is 0 Å². The van der Waals surface area contributed by atoms with E-state index in [9.17, 15) is 0 Å². The van der Waals surface area contributed by atoms with Crippen LogP contribution in [0.1, 0.15) is 37.3 Å². The molecule has 0 radical (unpaired) electrons. The number of anilines is 1. The van der Waals surface area contributed by atoms with Crippen molar-refractivity contribution in [3.8, 4) is 17.6 Å². The molecule has 102 valence electrons. The van der Waals surface area contributed by atoms with Crippen LogP contribution in [-0.2, 0) is 0 Å². The van der Waals surface area contributed by atoms with E-state index in [4.69, 9.17) is 15.7 Å². The van der Waals surface area contributed by atoms with Crippen molar-refractivity contribution >= 4 is 5.69 Å². The molecule has 0 aliphatic rings. The first-order valence-electron chi connectivity index (χ1n) is 6.71. The van der Waals surface area contributed by atoms with Crippen LogP contribution in [0, 0.1) is 11.3 Å². The van der Waals surface area contributed by atoms with E-state index < -0.39 is 0 Å². The maximum absolute atomic E-state index is 8.83. The Bertz CT molecular complexity index is 626. The number of hydrogen-bond acceptors (Lipinski definition) is 3. The van der Waals surface area contributed by atoms with Crippen molar-refractivity contribution in [2.75, 3.05) is 5.73 Å². The lowest BCUT2D eigenvalue weighted by Gasteiger charge is -2.11. The Kier molecular flexibility index (Phi) is 4.27. The minimum Gasteiger partial charge on any atom is -0.457 e. The Morgan fingerprint density at radius 3 is 2.35 bits per heavy atom. The van der Waals surface area contributed by atoms with Crippen LogP contribution < -0.4 is 10.5 Å². The van der Waals surface area contributed by atoms with Crippen LogP contribution in [-0.4, -0.2) is 0 Å². The fraction of sp³-hybridized carbons (Fsp3) is 0.235. The summed E-state index contributed by atoms with van der Waals surface area (Å²) in [5, 5.41) is 8.83. The molecule has 0 saturated carbocycles. The van der Waals surface area contributed by atoms with Gasteiger partial charge in [0.2, 0.25) is 0 Å². The van der Waals surface area contributed by atoms with Crippen molar-refractivity contribution in [3.63, 3.8) is 0 Å². The van der Waals surface area contributed by atoms with Crippen molar-refractivity contribution in [3.05, 3.63) is 53.6 Å². The van der Waals surface area contributed by atoms with Crippen molar-refractivity contribution in [1.29, 1.82) is 5.26 Å². The molecular formula is C17H18N2O. The molecule has 0 aromatic heterocycles. The molecule has 0 aliphatic heterocycles. The molecule has 0 aliphatic carbocycles. The van der Waals surface area contributed by atoms with Crippen LogP contribution in [0.2, 0.25) is 0 Å². The Labute approximate surface area is 119 Å². The first-order valence-corrected chi connectivity index (χ1v) is 6.71. The van der Waals surface area contributed by atoms with E-state index in [0.29, 0.717) is 22.9 Å². The van der Waals surface area contributed by atoms with Gasteiger partial charge in [0.1, 0.15) is 17.6 Å². The summed E-state index contributed by atoms with van der Waals surface area (Å²) in [6, 6.07) is 15.2. The van der Waals surface area contributed by atoms with Gasteiger partial charge in [-0.15, -0.1) is 0 Å². The van der Waals surface area contributed by atoms with Crippen molar-refractivity contribution < 1.29 is 4.74 Å². The lowest BCUT2D eigenvalue weighted by molar-refractivity contribution is 0.482. The molecule has 1 atom stereocenters. The average Bonchev–Trinajstić information content (AvgIpc) is 2.47. The van der Waals surface area contributed by atoms with Crippen molar-refractivity contribution in [2.24, 2.45) is 0 Å². The van der Waals surface area contributed by atoms with Crippen LogP contribution in [0.4, 0.5) is 5.69 Å². The van der Waals surface area contributed by atoms with Crippen LogP contribution in [0.15, 0.2) is 42.5 Å². The third-order valence-corrected chi connectivity index (χ3v) is 3.44. The molecule has 3 heteroatoms. The van der Waals surface area contributed by atoms with Gasteiger partial charge < -0.3 is 10.5 Å². The molecule has 2 N–H and O–H groups in total. The standard InChI is InChI=1S/C17H18N2O/c1-3-12(2)13-4-7-15(8-5-13)20-16-9-6-14(11-18)17(19)10-16/h4-10,12H,3,19H2,1-2H3. The Morgan fingerprint density at radius 2 is 1.80 bits per heavy atom. The van der Waals surface area contributed by atoms with Gasteiger partial charge in [0.05, 0.1) is 11.3 Å². The molecule has 2 rings (SSSR count). The van der Waals surface area contributed by atoms with Gasteiger partial charge in [0.15, 0.2) is 0 Å². The zero-order chi connectivity index (χ0) is 14.5. The minimum absolute atomic E-state index is 0.432. The van der Waals surface area contributed by atoms with E-state index >= 15 is 0 Å². The van der Waals surface area contributed by atoms with Crippen LogP contribution in [0.5, 0.6) is 11.5 Å². The molecule has 0 fully saturated rings. The summed E-state index contributed by atoms with van der Waals surface area (Å²) < 4.78 is 5.74. The predicted octanol–water partition coefficient (Wildman–Crippen LogP) is 4.45. The number of nitrogens with zero attached hydrogens (tertiary/aromatic N) is 1. The molecular weight excluding hydrogens is 248 g/mol. The second-order valence-electron chi connectivity index (χ2n) is 4.84. The fourth-order valence-corrected chi connectivity index (χ4v) is 1.94. The molecule has 3 nitrogen and oxygen atoms in total. The normalized spacial score (nSPS) is 11.7. The number of rotatable bonds is 4. The van der Waals surface area contributed by atoms with E-state index in [1.165, 1.54) is 5.56 Å². The quantitative estimate of drug-likeness (QED) is 0.832. The van der Waals surface area contributed by atoms with Gasteiger partial charge in [-0.25, -0.2) is 0 Å². The summed E-state index contributed by atoms with van der Waals surface area (Å²) in [5.74, 6) is 1.95. The molecule has 0 bridgehead atoms. The summed E-state index contributed by atoms with van der Waals surface area (Å²) in [6.45, 7) is 4.38. The van der Waals surface area contributed by atoms with Gasteiger partial charge >= 0.3 is 0 Å². The largest absolute Gasteiger partial charge is 0.457 e. The van der Waals surface area contributed by atoms with Crippen molar-refractivity contribution in [1.82, 2.24) is 0 Å². The lowest BCUT2D eigenvalue weighted by atomic mass is 9.99. The molecule has 0 saturated heterocycles. The van der Waals surface area contributed by atoms with E-state index in [-0.39, 0.29) is 0 Å². The number of ether oxygens (including phenoxy) is 1. The fourth-order valence-electron chi connectivity index (χ4n) is 1.94. The first-order chi connectivity index (χ1) is 9.63.